The number of hydrogen-bond acceptors (Lipinski definition) is 5. The Kier molecular flexibility index (Phi) is 42.0. The van der Waals surface area contributed by atoms with Crippen molar-refractivity contribution >= 4 is 11.9 Å². The van der Waals surface area contributed by atoms with E-state index in [2.05, 4.69) is 50.3 Å². The van der Waals surface area contributed by atoms with E-state index in [1.807, 2.05) is 0 Å². The Morgan fingerprint density at radius 2 is 0.769 bits per heavy atom. The molecule has 5 heteroatoms. The van der Waals surface area contributed by atoms with Gasteiger partial charge >= 0.3 is 11.9 Å². The quantitative estimate of drug-likeness (QED) is 0.0385. The summed E-state index contributed by atoms with van der Waals surface area (Å²) in [6, 6.07) is 0. The predicted molar refractivity (Wildman–Crippen MR) is 224 cm³/mol. The third-order valence-electron chi connectivity index (χ3n) is 9.91. The van der Waals surface area contributed by atoms with Crippen LogP contribution in [0.4, 0.5) is 0 Å². The number of ether oxygens (including phenoxy) is 2. The molecule has 52 heavy (non-hydrogen) atoms. The van der Waals surface area contributed by atoms with E-state index in [4.69, 9.17) is 9.47 Å². The van der Waals surface area contributed by atoms with Gasteiger partial charge in [0.15, 0.2) is 6.10 Å². The summed E-state index contributed by atoms with van der Waals surface area (Å²) in [6.07, 6.45) is 53.6. The van der Waals surface area contributed by atoms with Crippen molar-refractivity contribution in [3.63, 3.8) is 0 Å². The van der Waals surface area contributed by atoms with Crippen molar-refractivity contribution in [2.75, 3.05) is 13.2 Å². The number of allylic oxidation sites excluding steroid dienone is 6. The minimum absolute atomic E-state index is 0.0683. The van der Waals surface area contributed by atoms with Gasteiger partial charge in [0.2, 0.25) is 0 Å². The molecule has 5 nitrogen and oxygen atoms in total. The lowest BCUT2D eigenvalue weighted by Gasteiger charge is -2.15. The lowest BCUT2D eigenvalue weighted by molar-refractivity contribution is -0.161. The second-order valence-electron chi connectivity index (χ2n) is 15.1. The molecule has 0 spiro atoms. The number of carbonyl (C=O) groups excluding carboxylic acids is 2. The molecule has 0 aliphatic heterocycles. The molecule has 0 amide bonds. The first kappa shape index (κ1) is 50.1. The number of hydrogen-bond donors (Lipinski definition) is 1. The Bertz CT molecular complexity index is 832. The van der Waals surface area contributed by atoms with Gasteiger partial charge in [-0.15, -0.1) is 0 Å². The van der Waals surface area contributed by atoms with Gasteiger partial charge in [-0.2, -0.15) is 0 Å². The summed E-state index contributed by atoms with van der Waals surface area (Å²) >= 11 is 0. The molecule has 0 rings (SSSR count). The van der Waals surface area contributed by atoms with E-state index in [1.54, 1.807) is 0 Å². The van der Waals surface area contributed by atoms with Crippen molar-refractivity contribution in [3.05, 3.63) is 36.5 Å². The average molecular weight is 731 g/mol. The first-order chi connectivity index (χ1) is 25.6. The van der Waals surface area contributed by atoms with Crippen LogP contribution in [0.1, 0.15) is 232 Å². The third kappa shape index (κ3) is 40.9. The summed E-state index contributed by atoms with van der Waals surface area (Å²) in [5.74, 6) is -0.594. The zero-order chi connectivity index (χ0) is 37.8. The van der Waals surface area contributed by atoms with Gasteiger partial charge in [-0.1, -0.05) is 185 Å². The van der Waals surface area contributed by atoms with Crippen LogP contribution in [0.15, 0.2) is 36.5 Å². The minimum Gasteiger partial charge on any atom is -0.462 e. The maximum absolute atomic E-state index is 12.2. The van der Waals surface area contributed by atoms with Gasteiger partial charge in [-0.3, -0.25) is 9.59 Å². The van der Waals surface area contributed by atoms with E-state index in [-0.39, 0.29) is 25.2 Å². The topological polar surface area (TPSA) is 72.8 Å². The summed E-state index contributed by atoms with van der Waals surface area (Å²) < 4.78 is 10.6. The van der Waals surface area contributed by atoms with Crippen molar-refractivity contribution in [2.45, 2.75) is 238 Å². The van der Waals surface area contributed by atoms with Crippen molar-refractivity contribution < 1.29 is 24.2 Å². The summed E-state index contributed by atoms with van der Waals surface area (Å²) in [4.78, 5) is 24.3. The zero-order valence-electron chi connectivity index (χ0n) is 34.6. The molecule has 0 saturated carbocycles. The molecule has 0 aliphatic carbocycles. The van der Waals surface area contributed by atoms with Crippen LogP contribution in [-0.4, -0.2) is 36.4 Å². The van der Waals surface area contributed by atoms with Crippen molar-refractivity contribution in [1.29, 1.82) is 0 Å². The molecule has 0 saturated heterocycles. The van der Waals surface area contributed by atoms with Crippen LogP contribution in [0.5, 0.6) is 0 Å². The maximum atomic E-state index is 12.2. The number of rotatable bonds is 41. The summed E-state index contributed by atoms with van der Waals surface area (Å²) in [6.45, 7) is 4.12. The summed E-state index contributed by atoms with van der Waals surface area (Å²) in [5.41, 5.74) is 0. The first-order valence-corrected chi connectivity index (χ1v) is 22.5. The molecule has 1 atom stereocenters. The van der Waals surface area contributed by atoms with Crippen LogP contribution >= 0.6 is 0 Å². The highest BCUT2D eigenvalue weighted by atomic mass is 16.6. The Morgan fingerprint density at radius 1 is 0.442 bits per heavy atom. The van der Waals surface area contributed by atoms with E-state index >= 15 is 0 Å². The molecule has 1 N–H and O–H groups in total. The van der Waals surface area contributed by atoms with E-state index < -0.39 is 6.10 Å². The lowest BCUT2D eigenvalue weighted by Crippen LogP contribution is -2.28. The monoisotopic (exact) mass is 731 g/mol. The van der Waals surface area contributed by atoms with E-state index in [0.717, 1.165) is 51.4 Å². The molecule has 0 bridgehead atoms. The van der Waals surface area contributed by atoms with Gasteiger partial charge in [0, 0.05) is 12.8 Å². The van der Waals surface area contributed by atoms with Crippen molar-refractivity contribution in [2.24, 2.45) is 0 Å². The van der Waals surface area contributed by atoms with Crippen LogP contribution in [0.3, 0.4) is 0 Å². The van der Waals surface area contributed by atoms with Crippen LogP contribution in [0.25, 0.3) is 0 Å². The SMILES string of the molecule is CCCCC/C=C\C/C=C\CCCCCCCCCC(=O)OC[C@H](CO)OC(=O)CCCCCCCCCCCCC/C=C\CCCCCCCC. The van der Waals surface area contributed by atoms with Gasteiger partial charge in [-0.25, -0.2) is 0 Å². The molecular weight excluding hydrogens is 645 g/mol. The maximum Gasteiger partial charge on any atom is 0.306 e. The largest absolute Gasteiger partial charge is 0.462 e. The first-order valence-electron chi connectivity index (χ1n) is 22.5. The minimum atomic E-state index is -0.773. The predicted octanol–water partition coefficient (Wildman–Crippen LogP) is 14.4. The molecule has 0 fully saturated rings. The molecule has 0 aromatic rings. The van der Waals surface area contributed by atoms with Gasteiger partial charge in [0.05, 0.1) is 6.61 Å². The average Bonchev–Trinajstić information content (AvgIpc) is 3.15. The highest BCUT2D eigenvalue weighted by molar-refractivity contribution is 5.70. The van der Waals surface area contributed by atoms with Gasteiger partial charge in [-0.05, 0) is 70.6 Å². The fourth-order valence-corrected chi connectivity index (χ4v) is 6.46. The fraction of sp³-hybridized carbons (Fsp3) is 0.830. The molecular formula is C47H86O5. The van der Waals surface area contributed by atoms with Gasteiger partial charge in [0.1, 0.15) is 6.61 Å². The number of aliphatic hydroxyl groups is 1. The summed E-state index contributed by atoms with van der Waals surface area (Å²) in [7, 11) is 0. The molecule has 0 aliphatic rings. The Balaban J connectivity index is 3.52. The smallest absolute Gasteiger partial charge is 0.306 e. The Hall–Kier alpha value is -1.88. The zero-order valence-corrected chi connectivity index (χ0v) is 34.6. The Labute approximate surface area is 323 Å². The molecule has 0 heterocycles. The number of esters is 2. The highest BCUT2D eigenvalue weighted by Gasteiger charge is 2.16. The number of aliphatic hydroxyl groups excluding tert-OH is 1. The van der Waals surface area contributed by atoms with Crippen LogP contribution < -0.4 is 0 Å². The van der Waals surface area contributed by atoms with E-state index in [0.29, 0.717) is 12.8 Å². The number of unbranched alkanes of at least 4 members (excludes halogenated alkanes) is 27. The highest BCUT2D eigenvalue weighted by Crippen LogP contribution is 2.15. The third-order valence-corrected chi connectivity index (χ3v) is 9.91. The van der Waals surface area contributed by atoms with Crippen LogP contribution in [0.2, 0.25) is 0 Å². The van der Waals surface area contributed by atoms with E-state index in [1.165, 1.54) is 154 Å². The van der Waals surface area contributed by atoms with Crippen molar-refractivity contribution in [3.8, 4) is 0 Å². The lowest BCUT2D eigenvalue weighted by atomic mass is 10.0. The van der Waals surface area contributed by atoms with Crippen LogP contribution in [0, 0.1) is 0 Å². The second kappa shape index (κ2) is 43.5. The molecule has 0 unspecified atom stereocenters. The second-order valence-corrected chi connectivity index (χ2v) is 15.1. The van der Waals surface area contributed by atoms with E-state index in [9.17, 15) is 14.7 Å². The molecule has 0 aromatic carbocycles. The van der Waals surface area contributed by atoms with Gasteiger partial charge in [0.25, 0.3) is 0 Å². The van der Waals surface area contributed by atoms with Gasteiger partial charge < -0.3 is 14.6 Å². The molecule has 304 valence electrons. The fourth-order valence-electron chi connectivity index (χ4n) is 6.46. The normalized spacial score (nSPS) is 12.4. The standard InChI is InChI=1S/C47H86O5/c1-3-5-7-9-11-13-15-17-19-21-22-23-24-26-28-30-32-34-36-38-40-42-47(50)52-45(43-48)44-51-46(49)41-39-37-35-33-31-29-27-25-20-18-16-14-12-10-8-6-4-2/h12,14,17-20,45,48H,3-11,13,15-16,21-44H2,1-2H3/b14-12-,19-17-,20-18-/t45-/m0/s1. The van der Waals surface area contributed by atoms with Crippen molar-refractivity contribution in [1.82, 2.24) is 0 Å². The molecule has 0 aromatic heterocycles. The number of carbonyl (C=O) groups is 2. The molecule has 0 radical (unpaired) electrons. The van der Waals surface area contributed by atoms with Crippen LogP contribution in [-0.2, 0) is 19.1 Å². The summed E-state index contributed by atoms with van der Waals surface area (Å²) in [5, 5.41) is 9.59. The Morgan fingerprint density at radius 3 is 1.19 bits per heavy atom.